The van der Waals surface area contributed by atoms with Crippen LogP contribution in [0.5, 0.6) is 0 Å². The predicted molar refractivity (Wildman–Crippen MR) is 134 cm³/mol. The van der Waals surface area contributed by atoms with Crippen LogP contribution >= 0.6 is 0 Å². The lowest BCUT2D eigenvalue weighted by molar-refractivity contribution is -0.153. The minimum Gasteiger partial charge on any atom is -0.479 e. The summed E-state index contributed by atoms with van der Waals surface area (Å²) in [6.45, 7) is 5.73. The lowest BCUT2D eigenvalue weighted by atomic mass is 9.73. The first-order valence-electron chi connectivity index (χ1n) is 12.1. The normalized spacial score (nSPS) is 20.6. The summed E-state index contributed by atoms with van der Waals surface area (Å²) < 4.78 is 31.3. The number of aryl methyl sites for hydroxylation is 1. The molecule has 1 saturated carbocycles. The van der Waals surface area contributed by atoms with Gasteiger partial charge in [-0.3, -0.25) is 5.10 Å². The second-order valence-corrected chi connectivity index (χ2v) is 10.6. The van der Waals surface area contributed by atoms with E-state index >= 15 is 0 Å². The van der Waals surface area contributed by atoms with Gasteiger partial charge in [0.25, 0.3) is 0 Å². The summed E-state index contributed by atoms with van der Waals surface area (Å²) in [6.07, 6.45) is 2.60. The summed E-state index contributed by atoms with van der Waals surface area (Å²) in [6, 6.07) is 11.3. The molecule has 0 spiro atoms. The number of carbonyl (C=O) groups is 1. The summed E-state index contributed by atoms with van der Waals surface area (Å²) >= 11 is 0. The van der Waals surface area contributed by atoms with E-state index in [-0.39, 0.29) is 31.0 Å². The Morgan fingerprint density at radius 1 is 1.31 bits per heavy atom. The molecule has 8 heteroatoms. The SMILES string of the molecule is Cc1cc(-n2c(C(C)(C)CC#N)c(C3CCC(F)(C(=O)O)CC3)c3cc4[nH]ncc4cc32)ccc1F. The number of carboxylic acid groups (broad SMARTS) is 1. The van der Waals surface area contributed by atoms with Crippen LogP contribution in [-0.4, -0.2) is 31.5 Å². The van der Waals surface area contributed by atoms with E-state index in [1.807, 2.05) is 26.0 Å². The summed E-state index contributed by atoms with van der Waals surface area (Å²) in [7, 11) is 0. The van der Waals surface area contributed by atoms with Crippen molar-refractivity contribution in [3.8, 4) is 11.8 Å². The molecule has 0 unspecified atom stereocenters. The van der Waals surface area contributed by atoms with Gasteiger partial charge in [0.05, 0.1) is 23.3 Å². The highest BCUT2D eigenvalue weighted by atomic mass is 19.1. The van der Waals surface area contributed by atoms with Gasteiger partial charge in [0.15, 0.2) is 0 Å². The molecule has 186 valence electrons. The molecule has 0 bridgehead atoms. The number of halogens is 2. The summed E-state index contributed by atoms with van der Waals surface area (Å²) in [5.74, 6) is -1.80. The Kier molecular flexibility index (Phi) is 5.62. The smallest absolute Gasteiger partial charge is 0.341 e. The van der Waals surface area contributed by atoms with E-state index in [1.54, 1.807) is 25.3 Å². The molecule has 6 nitrogen and oxygen atoms in total. The average molecular weight is 491 g/mol. The summed E-state index contributed by atoms with van der Waals surface area (Å²) in [5.41, 5.74) is 2.12. The van der Waals surface area contributed by atoms with E-state index in [0.717, 1.165) is 38.8 Å². The Morgan fingerprint density at radius 2 is 2.03 bits per heavy atom. The maximum atomic E-state index is 15.0. The van der Waals surface area contributed by atoms with Gasteiger partial charge in [0.1, 0.15) is 5.82 Å². The molecule has 0 atom stereocenters. The number of hydrogen-bond donors (Lipinski definition) is 2. The number of nitriles is 1. The van der Waals surface area contributed by atoms with Crippen LogP contribution in [0.2, 0.25) is 0 Å². The van der Waals surface area contributed by atoms with Gasteiger partial charge in [-0.25, -0.2) is 13.6 Å². The highest BCUT2D eigenvalue weighted by Gasteiger charge is 2.44. The van der Waals surface area contributed by atoms with E-state index in [2.05, 4.69) is 20.8 Å². The molecule has 2 aromatic carbocycles. The zero-order chi connectivity index (χ0) is 25.8. The lowest BCUT2D eigenvalue weighted by Crippen LogP contribution is -2.37. The van der Waals surface area contributed by atoms with E-state index < -0.39 is 17.1 Å². The molecule has 36 heavy (non-hydrogen) atoms. The Hall–Kier alpha value is -3.73. The van der Waals surface area contributed by atoms with Gasteiger partial charge in [-0.1, -0.05) is 13.8 Å². The van der Waals surface area contributed by atoms with Crippen molar-refractivity contribution in [2.24, 2.45) is 0 Å². The van der Waals surface area contributed by atoms with Crippen molar-refractivity contribution in [2.45, 2.75) is 69.9 Å². The number of carboxylic acids is 1. The molecule has 0 radical (unpaired) electrons. The van der Waals surface area contributed by atoms with Gasteiger partial charge in [0.2, 0.25) is 5.67 Å². The van der Waals surface area contributed by atoms with E-state index in [4.69, 9.17) is 0 Å². The number of aliphatic carboxylic acids is 1. The molecule has 0 aliphatic heterocycles. The van der Waals surface area contributed by atoms with E-state index in [0.29, 0.717) is 18.4 Å². The average Bonchev–Trinajstić information content (AvgIpc) is 3.42. The lowest BCUT2D eigenvalue weighted by Gasteiger charge is -2.34. The van der Waals surface area contributed by atoms with Crippen LogP contribution in [0.4, 0.5) is 8.78 Å². The number of H-pyrrole nitrogens is 1. The molecule has 2 heterocycles. The van der Waals surface area contributed by atoms with Gasteiger partial charge in [-0.2, -0.15) is 10.4 Å². The first-order valence-corrected chi connectivity index (χ1v) is 12.1. The van der Waals surface area contributed by atoms with Gasteiger partial charge in [0, 0.05) is 34.0 Å². The number of benzene rings is 2. The third-order valence-corrected chi connectivity index (χ3v) is 7.70. The number of rotatable bonds is 5. The molecule has 0 amide bonds. The quantitative estimate of drug-likeness (QED) is 0.330. The highest BCUT2D eigenvalue weighted by Crippen LogP contribution is 2.49. The van der Waals surface area contributed by atoms with Crippen molar-refractivity contribution in [1.29, 1.82) is 5.26 Å². The Labute approximate surface area is 207 Å². The minimum atomic E-state index is -2.22. The zero-order valence-electron chi connectivity index (χ0n) is 20.5. The second-order valence-electron chi connectivity index (χ2n) is 10.6. The van der Waals surface area contributed by atoms with Crippen molar-refractivity contribution in [2.75, 3.05) is 0 Å². The molecule has 0 saturated heterocycles. The number of hydrogen-bond acceptors (Lipinski definition) is 3. The van der Waals surface area contributed by atoms with Crippen LogP contribution in [0.1, 0.15) is 68.7 Å². The van der Waals surface area contributed by atoms with Crippen LogP contribution in [0.25, 0.3) is 27.5 Å². The largest absolute Gasteiger partial charge is 0.479 e. The van der Waals surface area contributed by atoms with Gasteiger partial charge in [-0.05, 0) is 80.0 Å². The highest BCUT2D eigenvalue weighted by molar-refractivity contribution is 5.99. The van der Waals surface area contributed by atoms with Crippen molar-refractivity contribution in [3.63, 3.8) is 0 Å². The minimum absolute atomic E-state index is 0.0697. The number of alkyl halides is 1. The maximum Gasteiger partial charge on any atom is 0.341 e. The van der Waals surface area contributed by atoms with Gasteiger partial charge >= 0.3 is 5.97 Å². The van der Waals surface area contributed by atoms with Crippen LogP contribution in [0.3, 0.4) is 0 Å². The van der Waals surface area contributed by atoms with Crippen molar-refractivity contribution >= 4 is 27.8 Å². The molecule has 4 aromatic rings. The molecular formula is C28H28F2N4O2. The topological polar surface area (TPSA) is 94.7 Å². The fourth-order valence-corrected chi connectivity index (χ4v) is 5.72. The van der Waals surface area contributed by atoms with E-state index in [1.165, 1.54) is 6.07 Å². The second kappa shape index (κ2) is 8.44. The Balaban J connectivity index is 1.83. The Bertz CT molecular complexity index is 1530. The van der Waals surface area contributed by atoms with Crippen LogP contribution in [-0.2, 0) is 10.2 Å². The molecule has 2 N–H and O–H groups in total. The van der Waals surface area contributed by atoms with Crippen LogP contribution < -0.4 is 0 Å². The number of nitrogens with zero attached hydrogens (tertiary/aromatic N) is 3. The number of nitrogens with one attached hydrogen (secondary N) is 1. The monoisotopic (exact) mass is 490 g/mol. The third-order valence-electron chi connectivity index (χ3n) is 7.70. The molecule has 1 fully saturated rings. The fourth-order valence-electron chi connectivity index (χ4n) is 5.72. The van der Waals surface area contributed by atoms with E-state index in [9.17, 15) is 23.9 Å². The zero-order valence-corrected chi connectivity index (χ0v) is 20.5. The molecule has 5 rings (SSSR count). The first kappa shape index (κ1) is 24.0. The summed E-state index contributed by atoms with van der Waals surface area (Å²) in [4.78, 5) is 11.6. The number of fused-ring (bicyclic) bond motifs is 2. The van der Waals surface area contributed by atoms with Gasteiger partial charge < -0.3 is 9.67 Å². The molecule has 2 aromatic heterocycles. The van der Waals surface area contributed by atoms with Crippen LogP contribution in [0.15, 0.2) is 36.5 Å². The van der Waals surface area contributed by atoms with Crippen LogP contribution in [0, 0.1) is 24.1 Å². The Morgan fingerprint density at radius 3 is 2.67 bits per heavy atom. The van der Waals surface area contributed by atoms with Crippen molar-refractivity contribution < 1.29 is 18.7 Å². The molecular weight excluding hydrogens is 462 g/mol. The van der Waals surface area contributed by atoms with Crippen molar-refractivity contribution in [1.82, 2.24) is 14.8 Å². The summed E-state index contributed by atoms with van der Waals surface area (Å²) in [5, 5.41) is 28.2. The standard InChI is InChI=1S/C28H28F2N4O2/c1-16-12-19(4-5-21(16)29)34-23-13-18-15-32-33-22(18)14-20(23)24(25(34)27(2,3)10-11-31)17-6-8-28(30,9-7-17)26(35)36/h4-5,12-15,17H,6-10H2,1-3H3,(H,32,33)(H,35,36). The third kappa shape index (κ3) is 3.74. The van der Waals surface area contributed by atoms with Crippen molar-refractivity contribution in [3.05, 3.63) is 59.2 Å². The molecule has 1 aliphatic rings. The fraction of sp³-hybridized carbons (Fsp3) is 0.393. The number of aromatic nitrogens is 3. The predicted octanol–water partition coefficient (Wildman–Crippen LogP) is 6.60. The maximum absolute atomic E-state index is 15.0. The molecule has 1 aliphatic carbocycles. The first-order chi connectivity index (χ1) is 17.1. The number of aromatic amines is 1. The van der Waals surface area contributed by atoms with Gasteiger partial charge in [-0.15, -0.1) is 0 Å².